The van der Waals surface area contributed by atoms with Gasteiger partial charge in [0.25, 0.3) is 0 Å². The molecule has 0 aromatic carbocycles. The Morgan fingerprint density at radius 2 is 2.33 bits per heavy atom. The maximum absolute atomic E-state index is 12.9. The quantitative estimate of drug-likeness (QED) is 0.802. The van der Waals surface area contributed by atoms with E-state index in [0.29, 0.717) is 5.91 Å². The lowest BCUT2D eigenvalue weighted by atomic mass is 9.96. The predicted octanol–water partition coefficient (Wildman–Crippen LogP) is 3.56. The van der Waals surface area contributed by atoms with Gasteiger partial charge >= 0.3 is 0 Å². The van der Waals surface area contributed by atoms with Crippen LogP contribution in [-0.2, 0) is 4.79 Å². The van der Waals surface area contributed by atoms with Crippen molar-refractivity contribution in [3.05, 3.63) is 18.3 Å². The standard InChI is InChI=1S/C18H26N4OS/c1-3-5-11-21(4-2)17(23)14-8-7-12-22(13-14)18-20-15-9-6-10-19-16(15)24-18/h6,9-10,14H,3-5,7-8,11-13H2,1-2H3. The third-order valence-electron chi connectivity index (χ3n) is 4.67. The first-order chi connectivity index (χ1) is 11.7. The van der Waals surface area contributed by atoms with Crippen LogP contribution in [0.3, 0.4) is 0 Å². The highest BCUT2D eigenvalue weighted by Crippen LogP contribution is 2.30. The van der Waals surface area contributed by atoms with Gasteiger partial charge in [-0.3, -0.25) is 4.79 Å². The Morgan fingerprint density at radius 3 is 3.08 bits per heavy atom. The van der Waals surface area contributed by atoms with Gasteiger partial charge in [-0.1, -0.05) is 24.7 Å². The largest absolute Gasteiger partial charge is 0.347 e. The van der Waals surface area contributed by atoms with Gasteiger partial charge < -0.3 is 9.80 Å². The number of anilines is 1. The highest BCUT2D eigenvalue weighted by atomic mass is 32.1. The Balaban J connectivity index is 1.70. The van der Waals surface area contributed by atoms with Crippen molar-refractivity contribution < 1.29 is 4.79 Å². The maximum Gasteiger partial charge on any atom is 0.227 e. The van der Waals surface area contributed by atoms with Crippen molar-refractivity contribution in [2.45, 2.75) is 39.5 Å². The minimum absolute atomic E-state index is 0.0931. The molecule has 24 heavy (non-hydrogen) atoms. The second kappa shape index (κ2) is 7.92. The monoisotopic (exact) mass is 346 g/mol. The van der Waals surface area contributed by atoms with Gasteiger partial charge in [-0.25, -0.2) is 9.97 Å². The fourth-order valence-corrected chi connectivity index (χ4v) is 4.22. The number of rotatable bonds is 6. The number of unbranched alkanes of at least 4 members (excludes halogenated alkanes) is 1. The van der Waals surface area contributed by atoms with Crippen LogP contribution in [0.2, 0.25) is 0 Å². The topological polar surface area (TPSA) is 49.3 Å². The van der Waals surface area contributed by atoms with Crippen LogP contribution in [0.1, 0.15) is 39.5 Å². The summed E-state index contributed by atoms with van der Waals surface area (Å²) in [7, 11) is 0. The Labute approximate surface area is 147 Å². The van der Waals surface area contributed by atoms with Crippen LogP contribution in [0.4, 0.5) is 5.13 Å². The summed E-state index contributed by atoms with van der Waals surface area (Å²) in [5.74, 6) is 0.408. The first-order valence-electron chi connectivity index (χ1n) is 8.98. The smallest absolute Gasteiger partial charge is 0.227 e. The molecule has 130 valence electrons. The van der Waals surface area contributed by atoms with Crippen LogP contribution in [0.25, 0.3) is 10.3 Å². The number of carbonyl (C=O) groups is 1. The second-order valence-electron chi connectivity index (χ2n) is 6.38. The zero-order valence-corrected chi connectivity index (χ0v) is 15.4. The molecule has 1 aliphatic heterocycles. The van der Waals surface area contributed by atoms with Gasteiger partial charge in [-0.05, 0) is 38.3 Å². The number of amides is 1. The van der Waals surface area contributed by atoms with E-state index in [0.717, 1.165) is 67.3 Å². The second-order valence-corrected chi connectivity index (χ2v) is 7.34. The van der Waals surface area contributed by atoms with Gasteiger partial charge in [0.15, 0.2) is 5.13 Å². The molecule has 0 saturated carbocycles. The van der Waals surface area contributed by atoms with Gasteiger partial charge in [0, 0.05) is 32.4 Å². The van der Waals surface area contributed by atoms with E-state index in [9.17, 15) is 4.79 Å². The van der Waals surface area contributed by atoms with Crippen molar-refractivity contribution in [3.8, 4) is 0 Å². The van der Waals surface area contributed by atoms with Crippen LogP contribution in [0.5, 0.6) is 0 Å². The highest BCUT2D eigenvalue weighted by Gasteiger charge is 2.29. The molecule has 0 N–H and O–H groups in total. The molecule has 3 rings (SSSR count). The van der Waals surface area contributed by atoms with E-state index in [2.05, 4.69) is 23.7 Å². The van der Waals surface area contributed by atoms with Gasteiger partial charge in [-0.2, -0.15) is 0 Å². The Hall–Kier alpha value is -1.69. The molecule has 3 heterocycles. The minimum Gasteiger partial charge on any atom is -0.347 e. The van der Waals surface area contributed by atoms with E-state index in [1.54, 1.807) is 17.5 Å². The van der Waals surface area contributed by atoms with E-state index in [-0.39, 0.29) is 5.92 Å². The van der Waals surface area contributed by atoms with Crippen LogP contribution < -0.4 is 4.90 Å². The van der Waals surface area contributed by atoms with Crippen molar-refractivity contribution in [1.82, 2.24) is 14.9 Å². The molecule has 1 amide bonds. The fraction of sp³-hybridized carbons (Fsp3) is 0.611. The van der Waals surface area contributed by atoms with E-state index in [4.69, 9.17) is 4.98 Å². The molecule has 0 bridgehead atoms. The van der Waals surface area contributed by atoms with Crippen molar-refractivity contribution in [2.24, 2.45) is 5.92 Å². The average molecular weight is 347 g/mol. The molecule has 1 fully saturated rings. The Kier molecular flexibility index (Phi) is 5.66. The summed E-state index contributed by atoms with van der Waals surface area (Å²) in [6.45, 7) is 7.69. The van der Waals surface area contributed by atoms with Gasteiger partial charge in [0.05, 0.1) is 5.92 Å². The van der Waals surface area contributed by atoms with Crippen LogP contribution >= 0.6 is 11.3 Å². The van der Waals surface area contributed by atoms with Crippen LogP contribution in [-0.4, -0.2) is 47.0 Å². The lowest BCUT2D eigenvalue weighted by Gasteiger charge is -2.34. The van der Waals surface area contributed by atoms with Gasteiger partial charge in [0.1, 0.15) is 10.3 Å². The Morgan fingerprint density at radius 1 is 1.46 bits per heavy atom. The summed E-state index contributed by atoms with van der Waals surface area (Å²) in [5.41, 5.74) is 0.948. The molecule has 6 heteroatoms. The number of thiazole rings is 1. The normalized spacial score (nSPS) is 18.1. The van der Waals surface area contributed by atoms with Crippen molar-refractivity contribution in [3.63, 3.8) is 0 Å². The Bertz CT molecular complexity index is 653. The third kappa shape index (κ3) is 3.69. The average Bonchev–Trinajstić information content (AvgIpc) is 3.06. The van der Waals surface area contributed by atoms with Crippen molar-refractivity contribution in [2.75, 3.05) is 31.1 Å². The van der Waals surface area contributed by atoms with E-state index >= 15 is 0 Å². The maximum atomic E-state index is 12.9. The van der Waals surface area contributed by atoms with Crippen molar-refractivity contribution in [1.29, 1.82) is 0 Å². The lowest BCUT2D eigenvalue weighted by Crippen LogP contribution is -2.45. The molecule has 1 unspecified atom stereocenters. The summed E-state index contributed by atoms with van der Waals surface area (Å²) in [6, 6.07) is 3.92. The fourth-order valence-electron chi connectivity index (χ4n) is 3.28. The molecule has 1 atom stereocenters. The zero-order chi connectivity index (χ0) is 16.9. The first kappa shape index (κ1) is 17.1. The van der Waals surface area contributed by atoms with Crippen LogP contribution in [0.15, 0.2) is 18.3 Å². The molecule has 2 aromatic rings. The number of piperidine rings is 1. The predicted molar refractivity (Wildman–Crippen MR) is 99.5 cm³/mol. The summed E-state index contributed by atoms with van der Waals surface area (Å²) in [5, 5.41) is 0.998. The van der Waals surface area contributed by atoms with E-state index in [1.165, 1.54) is 0 Å². The van der Waals surface area contributed by atoms with Gasteiger partial charge in [-0.15, -0.1) is 0 Å². The number of fused-ring (bicyclic) bond motifs is 1. The lowest BCUT2D eigenvalue weighted by molar-refractivity contribution is -0.135. The minimum atomic E-state index is 0.0931. The summed E-state index contributed by atoms with van der Waals surface area (Å²) in [4.78, 5) is 27.2. The molecule has 2 aromatic heterocycles. The number of aromatic nitrogens is 2. The molecule has 0 aliphatic carbocycles. The van der Waals surface area contributed by atoms with E-state index < -0.39 is 0 Å². The van der Waals surface area contributed by atoms with Gasteiger partial charge in [0.2, 0.25) is 5.91 Å². The molecule has 1 aliphatic rings. The number of hydrogen-bond donors (Lipinski definition) is 0. The summed E-state index contributed by atoms with van der Waals surface area (Å²) in [6.07, 6.45) is 6.05. The number of carbonyl (C=O) groups excluding carboxylic acids is 1. The highest BCUT2D eigenvalue weighted by molar-refractivity contribution is 7.21. The SMILES string of the molecule is CCCCN(CC)C(=O)C1CCCN(c2nc3cccnc3s2)C1. The first-order valence-corrected chi connectivity index (χ1v) is 9.79. The van der Waals surface area contributed by atoms with Crippen molar-refractivity contribution >= 4 is 32.7 Å². The molecular formula is C18H26N4OS. The zero-order valence-electron chi connectivity index (χ0n) is 14.6. The number of nitrogens with zero attached hydrogens (tertiary/aromatic N) is 4. The molecule has 0 radical (unpaired) electrons. The summed E-state index contributed by atoms with van der Waals surface area (Å²) >= 11 is 1.62. The molecular weight excluding hydrogens is 320 g/mol. The third-order valence-corrected chi connectivity index (χ3v) is 5.71. The van der Waals surface area contributed by atoms with Crippen LogP contribution in [0, 0.1) is 5.92 Å². The van der Waals surface area contributed by atoms with E-state index in [1.807, 2.05) is 17.0 Å². The molecule has 5 nitrogen and oxygen atoms in total. The summed E-state index contributed by atoms with van der Waals surface area (Å²) < 4.78 is 0. The number of pyridine rings is 1. The number of hydrogen-bond acceptors (Lipinski definition) is 5. The molecule has 0 spiro atoms. The molecule has 1 saturated heterocycles.